The minimum absolute atomic E-state index is 0.127. The Bertz CT molecular complexity index is 677. The van der Waals surface area contributed by atoms with E-state index in [1.807, 2.05) is 23.2 Å². The summed E-state index contributed by atoms with van der Waals surface area (Å²) in [7, 11) is 0. The number of likely N-dealkylation sites (tertiary alicyclic amines) is 1. The van der Waals surface area contributed by atoms with Gasteiger partial charge in [0.1, 0.15) is 5.69 Å². The van der Waals surface area contributed by atoms with Crippen LogP contribution in [0, 0.1) is 11.8 Å². The quantitative estimate of drug-likeness (QED) is 0.801. The molecule has 0 spiro atoms. The van der Waals surface area contributed by atoms with Gasteiger partial charge in [0.15, 0.2) is 0 Å². The fourth-order valence-electron chi connectivity index (χ4n) is 4.27. The maximum atomic E-state index is 12.5. The van der Waals surface area contributed by atoms with E-state index in [1.54, 1.807) is 0 Å². The van der Waals surface area contributed by atoms with Crippen molar-refractivity contribution in [1.29, 1.82) is 0 Å². The van der Waals surface area contributed by atoms with Crippen LogP contribution in [0.25, 0.3) is 0 Å². The molecule has 132 valence electrons. The first kappa shape index (κ1) is 16.4. The maximum Gasteiger partial charge on any atom is 0.270 e. The van der Waals surface area contributed by atoms with Crippen LogP contribution in [0.5, 0.6) is 0 Å². The van der Waals surface area contributed by atoms with Crippen molar-refractivity contribution in [1.82, 2.24) is 20.7 Å². The summed E-state index contributed by atoms with van der Waals surface area (Å²) in [5.74, 6) is 1.36. The zero-order valence-corrected chi connectivity index (χ0v) is 14.4. The van der Waals surface area contributed by atoms with E-state index < -0.39 is 0 Å². The fraction of sp³-hybridized carbons (Fsp3) is 0.450. The topological polar surface area (TPSA) is 60.2 Å². The molecular weight excluding hydrogens is 312 g/mol. The van der Waals surface area contributed by atoms with Gasteiger partial charge in [-0.15, -0.1) is 0 Å². The molecule has 0 saturated carbocycles. The molecule has 3 N–H and O–H groups in total. The molecule has 2 aromatic rings. The normalized spacial score (nSPS) is 24.6. The lowest BCUT2D eigenvalue weighted by Crippen LogP contribution is -2.46. The SMILES string of the molecule is O=C(c1ccc[nH]1)N1CCC(C2NNCC2Cc2ccccc2)CC1. The predicted molar refractivity (Wildman–Crippen MR) is 98.0 cm³/mol. The van der Waals surface area contributed by atoms with Gasteiger partial charge in [-0.3, -0.25) is 15.6 Å². The van der Waals surface area contributed by atoms with Gasteiger partial charge in [-0.1, -0.05) is 30.3 Å². The van der Waals surface area contributed by atoms with E-state index >= 15 is 0 Å². The number of hydrazine groups is 1. The third-order valence-corrected chi connectivity index (χ3v) is 5.64. The summed E-state index contributed by atoms with van der Waals surface area (Å²) < 4.78 is 0. The van der Waals surface area contributed by atoms with Crippen LogP contribution in [0.2, 0.25) is 0 Å². The Hall–Kier alpha value is -2.11. The molecule has 25 heavy (non-hydrogen) atoms. The van der Waals surface area contributed by atoms with Crippen LogP contribution in [0.1, 0.15) is 28.9 Å². The third kappa shape index (κ3) is 3.62. The molecule has 1 aromatic carbocycles. The second kappa shape index (κ2) is 7.42. The van der Waals surface area contributed by atoms with Crippen molar-refractivity contribution >= 4 is 5.91 Å². The first-order valence-electron chi connectivity index (χ1n) is 9.26. The van der Waals surface area contributed by atoms with Gasteiger partial charge in [0, 0.05) is 31.9 Å². The Morgan fingerprint density at radius 1 is 1.08 bits per heavy atom. The van der Waals surface area contributed by atoms with Gasteiger partial charge in [-0.05, 0) is 48.8 Å². The van der Waals surface area contributed by atoms with E-state index in [9.17, 15) is 4.79 Å². The number of benzene rings is 1. The molecule has 0 bridgehead atoms. The lowest BCUT2D eigenvalue weighted by atomic mass is 9.81. The zero-order valence-electron chi connectivity index (χ0n) is 14.4. The van der Waals surface area contributed by atoms with E-state index in [1.165, 1.54) is 5.56 Å². The summed E-state index contributed by atoms with van der Waals surface area (Å²) >= 11 is 0. The van der Waals surface area contributed by atoms with E-state index in [2.05, 4.69) is 46.2 Å². The number of hydrogen-bond acceptors (Lipinski definition) is 3. The van der Waals surface area contributed by atoms with Gasteiger partial charge in [0.25, 0.3) is 5.91 Å². The van der Waals surface area contributed by atoms with E-state index in [4.69, 9.17) is 0 Å². The highest BCUT2D eigenvalue weighted by Crippen LogP contribution is 2.29. The number of H-pyrrole nitrogens is 1. The van der Waals surface area contributed by atoms with Crippen LogP contribution in [-0.2, 0) is 6.42 Å². The molecule has 2 saturated heterocycles. The summed E-state index contributed by atoms with van der Waals surface area (Å²) in [6.45, 7) is 2.71. The number of nitrogens with zero attached hydrogens (tertiary/aromatic N) is 1. The number of rotatable bonds is 4. The fourth-order valence-corrected chi connectivity index (χ4v) is 4.27. The van der Waals surface area contributed by atoms with Gasteiger partial charge in [-0.25, -0.2) is 0 Å². The summed E-state index contributed by atoms with van der Waals surface area (Å²) in [5, 5.41) is 0. The number of carbonyl (C=O) groups is 1. The predicted octanol–water partition coefficient (Wildman–Crippen LogP) is 2.20. The number of aromatic nitrogens is 1. The summed E-state index contributed by atoms with van der Waals surface area (Å²) in [4.78, 5) is 17.5. The Kier molecular flexibility index (Phi) is 4.85. The second-order valence-electron chi connectivity index (χ2n) is 7.21. The first-order valence-corrected chi connectivity index (χ1v) is 9.26. The summed E-state index contributed by atoms with van der Waals surface area (Å²) in [5.41, 5.74) is 8.97. The van der Waals surface area contributed by atoms with Crippen LogP contribution in [0.3, 0.4) is 0 Å². The first-order chi connectivity index (χ1) is 12.3. The minimum Gasteiger partial charge on any atom is -0.357 e. The molecule has 5 nitrogen and oxygen atoms in total. The highest BCUT2D eigenvalue weighted by molar-refractivity contribution is 5.92. The van der Waals surface area contributed by atoms with Crippen LogP contribution < -0.4 is 10.9 Å². The summed E-state index contributed by atoms with van der Waals surface area (Å²) in [6, 6.07) is 15.0. The van der Waals surface area contributed by atoms with E-state index in [0.29, 0.717) is 23.6 Å². The standard InChI is InChI=1S/C20H26N4O/c25-20(18-7-4-10-21-18)24-11-8-16(9-12-24)19-17(14-22-23-19)13-15-5-2-1-3-6-15/h1-7,10,16-17,19,21-23H,8-9,11-14H2. The average Bonchev–Trinajstić information content (AvgIpc) is 3.34. The Morgan fingerprint density at radius 2 is 1.88 bits per heavy atom. The largest absolute Gasteiger partial charge is 0.357 e. The molecule has 2 atom stereocenters. The number of amides is 1. The van der Waals surface area contributed by atoms with Gasteiger partial charge in [0.05, 0.1) is 0 Å². The molecule has 5 heteroatoms. The van der Waals surface area contributed by atoms with Gasteiger partial charge < -0.3 is 9.88 Å². The van der Waals surface area contributed by atoms with Crippen molar-refractivity contribution in [2.75, 3.05) is 19.6 Å². The van der Waals surface area contributed by atoms with Crippen molar-refractivity contribution in [3.63, 3.8) is 0 Å². The number of carbonyl (C=O) groups excluding carboxylic acids is 1. The van der Waals surface area contributed by atoms with Gasteiger partial charge in [-0.2, -0.15) is 0 Å². The molecule has 0 radical (unpaired) electrons. The number of piperidine rings is 1. The molecule has 1 aromatic heterocycles. The number of hydrogen-bond donors (Lipinski definition) is 3. The molecular formula is C20H26N4O. The van der Waals surface area contributed by atoms with Gasteiger partial charge in [0.2, 0.25) is 0 Å². The number of aromatic amines is 1. The number of nitrogens with one attached hydrogen (secondary N) is 3. The molecule has 2 aliphatic heterocycles. The van der Waals surface area contributed by atoms with Crippen LogP contribution in [-0.4, -0.2) is 41.5 Å². The Balaban J connectivity index is 1.34. The maximum absolute atomic E-state index is 12.5. The zero-order chi connectivity index (χ0) is 17.1. The van der Waals surface area contributed by atoms with E-state index in [-0.39, 0.29) is 5.91 Å². The molecule has 4 rings (SSSR count). The Labute approximate surface area is 148 Å². The van der Waals surface area contributed by atoms with Crippen LogP contribution >= 0.6 is 0 Å². The van der Waals surface area contributed by atoms with Crippen molar-refractivity contribution in [3.8, 4) is 0 Å². The lowest BCUT2D eigenvalue weighted by molar-refractivity contribution is 0.0658. The molecule has 2 fully saturated rings. The molecule has 3 heterocycles. The van der Waals surface area contributed by atoms with Crippen molar-refractivity contribution in [2.24, 2.45) is 11.8 Å². The third-order valence-electron chi connectivity index (χ3n) is 5.64. The molecule has 1 amide bonds. The van der Waals surface area contributed by atoms with Crippen molar-refractivity contribution in [2.45, 2.75) is 25.3 Å². The Morgan fingerprint density at radius 3 is 2.60 bits per heavy atom. The molecule has 0 aliphatic carbocycles. The van der Waals surface area contributed by atoms with E-state index in [0.717, 1.165) is 38.9 Å². The summed E-state index contributed by atoms with van der Waals surface area (Å²) in [6.07, 6.45) is 5.05. The highest BCUT2D eigenvalue weighted by atomic mass is 16.2. The van der Waals surface area contributed by atoms with Crippen LogP contribution in [0.15, 0.2) is 48.7 Å². The average molecular weight is 338 g/mol. The second-order valence-corrected chi connectivity index (χ2v) is 7.21. The smallest absolute Gasteiger partial charge is 0.270 e. The monoisotopic (exact) mass is 338 g/mol. The van der Waals surface area contributed by atoms with Gasteiger partial charge >= 0.3 is 0 Å². The highest BCUT2D eigenvalue weighted by Gasteiger charge is 2.36. The van der Waals surface area contributed by atoms with Crippen molar-refractivity contribution in [3.05, 3.63) is 59.9 Å². The molecule has 2 unspecified atom stereocenters. The lowest BCUT2D eigenvalue weighted by Gasteiger charge is -2.36. The molecule has 2 aliphatic rings. The minimum atomic E-state index is 0.127. The van der Waals surface area contributed by atoms with Crippen LogP contribution in [0.4, 0.5) is 0 Å². The van der Waals surface area contributed by atoms with Crippen molar-refractivity contribution < 1.29 is 4.79 Å².